The lowest BCUT2D eigenvalue weighted by Gasteiger charge is -2.19. The van der Waals surface area contributed by atoms with E-state index in [-0.39, 0.29) is 22.4 Å². The van der Waals surface area contributed by atoms with Crippen molar-refractivity contribution in [2.24, 2.45) is 0 Å². The monoisotopic (exact) mass is 516 g/mol. The van der Waals surface area contributed by atoms with E-state index in [9.17, 15) is 13.2 Å². The van der Waals surface area contributed by atoms with Crippen LogP contribution in [-0.2, 0) is 10.0 Å². The standard InChI is InChI=1S/C24H28N4O7S/c1-32-19-14-17(15-20(33-2)21(19)34-3)23-26-27-24(35-23)25-22(29)16-8-10-18(11-9-16)36(30,31)28-12-6-4-5-7-13-28/h8-11,14-15H,4-7,12-13H2,1-3H3,(H,25,27,29). The van der Waals surface area contributed by atoms with Gasteiger partial charge in [-0.1, -0.05) is 17.9 Å². The minimum Gasteiger partial charge on any atom is -0.493 e. The van der Waals surface area contributed by atoms with Crippen LogP contribution in [0.1, 0.15) is 36.0 Å². The molecule has 0 radical (unpaired) electrons. The van der Waals surface area contributed by atoms with Gasteiger partial charge in [-0.05, 0) is 49.2 Å². The molecule has 1 amide bonds. The van der Waals surface area contributed by atoms with Gasteiger partial charge in [0.2, 0.25) is 21.7 Å². The van der Waals surface area contributed by atoms with Crippen LogP contribution in [0.15, 0.2) is 45.7 Å². The zero-order chi connectivity index (χ0) is 25.7. The van der Waals surface area contributed by atoms with Gasteiger partial charge in [0.15, 0.2) is 11.5 Å². The van der Waals surface area contributed by atoms with Crippen LogP contribution < -0.4 is 19.5 Å². The van der Waals surface area contributed by atoms with E-state index in [0.29, 0.717) is 35.9 Å². The molecule has 3 aromatic rings. The molecule has 2 heterocycles. The number of rotatable bonds is 8. The van der Waals surface area contributed by atoms with Gasteiger partial charge in [0.05, 0.1) is 26.2 Å². The van der Waals surface area contributed by atoms with Gasteiger partial charge in [-0.25, -0.2) is 8.42 Å². The Kier molecular flexibility index (Phi) is 7.75. The number of nitrogens with one attached hydrogen (secondary N) is 1. The fraction of sp³-hybridized carbons (Fsp3) is 0.375. The number of aromatic nitrogens is 2. The summed E-state index contributed by atoms with van der Waals surface area (Å²) in [6, 6.07) is 8.94. The number of benzene rings is 2. The Labute approximate surface area is 209 Å². The number of amides is 1. The van der Waals surface area contributed by atoms with Crippen LogP contribution in [0, 0.1) is 0 Å². The first-order valence-corrected chi connectivity index (χ1v) is 12.9. The molecule has 1 saturated heterocycles. The summed E-state index contributed by atoms with van der Waals surface area (Å²) in [5.74, 6) is 0.840. The van der Waals surface area contributed by atoms with Crippen molar-refractivity contribution in [2.45, 2.75) is 30.6 Å². The molecule has 0 bridgehead atoms. The number of ether oxygens (including phenoxy) is 3. The molecule has 1 fully saturated rings. The molecule has 11 nitrogen and oxygen atoms in total. The van der Waals surface area contributed by atoms with Crippen LogP contribution in [0.25, 0.3) is 11.5 Å². The van der Waals surface area contributed by atoms with Crippen LogP contribution in [0.2, 0.25) is 0 Å². The van der Waals surface area contributed by atoms with Gasteiger partial charge < -0.3 is 18.6 Å². The van der Waals surface area contributed by atoms with Crippen molar-refractivity contribution in [1.82, 2.24) is 14.5 Å². The molecule has 2 aromatic carbocycles. The Bertz CT molecular complexity index is 1290. The number of methoxy groups -OCH3 is 3. The normalized spacial score (nSPS) is 14.6. The largest absolute Gasteiger partial charge is 0.493 e. The van der Waals surface area contributed by atoms with Crippen molar-refractivity contribution < 1.29 is 31.8 Å². The molecule has 0 aliphatic carbocycles. The van der Waals surface area contributed by atoms with Gasteiger partial charge in [-0.3, -0.25) is 10.1 Å². The lowest BCUT2D eigenvalue weighted by Crippen LogP contribution is -2.31. The van der Waals surface area contributed by atoms with Crippen molar-refractivity contribution in [3.63, 3.8) is 0 Å². The van der Waals surface area contributed by atoms with Crippen molar-refractivity contribution in [1.29, 1.82) is 0 Å². The highest BCUT2D eigenvalue weighted by Crippen LogP contribution is 2.41. The minimum absolute atomic E-state index is 0.120. The summed E-state index contributed by atoms with van der Waals surface area (Å²) in [7, 11) is 0.880. The maximum atomic E-state index is 12.9. The molecule has 12 heteroatoms. The molecular weight excluding hydrogens is 488 g/mol. The molecule has 1 N–H and O–H groups in total. The summed E-state index contributed by atoms with van der Waals surface area (Å²) in [5.41, 5.74) is 0.748. The molecule has 0 spiro atoms. The number of hydrogen-bond donors (Lipinski definition) is 1. The molecule has 36 heavy (non-hydrogen) atoms. The van der Waals surface area contributed by atoms with E-state index in [4.69, 9.17) is 18.6 Å². The third-order valence-electron chi connectivity index (χ3n) is 5.88. The highest BCUT2D eigenvalue weighted by Gasteiger charge is 2.25. The van der Waals surface area contributed by atoms with E-state index in [1.165, 1.54) is 49.9 Å². The van der Waals surface area contributed by atoms with E-state index in [1.807, 2.05) is 0 Å². The lowest BCUT2D eigenvalue weighted by molar-refractivity contribution is 0.102. The Morgan fingerprint density at radius 3 is 2.08 bits per heavy atom. The van der Waals surface area contributed by atoms with Gasteiger partial charge in [-0.15, -0.1) is 5.10 Å². The summed E-state index contributed by atoms with van der Waals surface area (Å²) in [4.78, 5) is 12.9. The smallest absolute Gasteiger partial charge is 0.322 e. The van der Waals surface area contributed by atoms with Gasteiger partial charge in [0, 0.05) is 24.2 Å². The first kappa shape index (κ1) is 25.5. The quantitative estimate of drug-likeness (QED) is 0.477. The topological polar surface area (TPSA) is 133 Å². The Morgan fingerprint density at radius 2 is 1.53 bits per heavy atom. The summed E-state index contributed by atoms with van der Waals surface area (Å²) >= 11 is 0. The summed E-state index contributed by atoms with van der Waals surface area (Å²) in [6.07, 6.45) is 3.76. The minimum atomic E-state index is -3.60. The van der Waals surface area contributed by atoms with Crippen LogP contribution in [-0.4, -0.2) is 63.2 Å². The highest BCUT2D eigenvalue weighted by atomic mass is 32.2. The molecule has 1 aromatic heterocycles. The fourth-order valence-corrected chi connectivity index (χ4v) is 5.49. The zero-order valence-electron chi connectivity index (χ0n) is 20.3. The predicted molar refractivity (Wildman–Crippen MR) is 131 cm³/mol. The fourth-order valence-electron chi connectivity index (χ4n) is 3.97. The van der Waals surface area contributed by atoms with Crippen molar-refractivity contribution >= 4 is 21.9 Å². The highest BCUT2D eigenvalue weighted by molar-refractivity contribution is 7.89. The molecule has 4 rings (SSSR count). The third kappa shape index (κ3) is 5.29. The first-order chi connectivity index (χ1) is 17.4. The second kappa shape index (κ2) is 11.0. The maximum absolute atomic E-state index is 12.9. The Hall–Kier alpha value is -3.64. The van der Waals surface area contributed by atoms with E-state index in [0.717, 1.165) is 25.7 Å². The number of sulfonamides is 1. The zero-order valence-corrected chi connectivity index (χ0v) is 21.1. The second-order valence-electron chi connectivity index (χ2n) is 8.12. The van der Waals surface area contributed by atoms with Crippen molar-refractivity contribution in [3.8, 4) is 28.7 Å². The average molecular weight is 517 g/mol. The molecule has 1 aliphatic rings. The van der Waals surface area contributed by atoms with E-state index in [1.54, 1.807) is 12.1 Å². The molecule has 1 aliphatic heterocycles. The SMILES string of the molecule is COc1cc(-c2nnc(NC(=O)c3ccc(S(=O)(=O)N4CCCCCC4)cc3)o2)cc(OC)c1OC. The second-order valence-corrected chi connectivity index (χ2v) is 10.1. The lowest BCUT2D eigenvalue weighted by atomic mass is 10.2. The Balaban J connectivity index is 1.48. The van der Waals surface area contributed by atoms with E-state index in [2.05, 4.69) is 15.5 Å². The van der Waals surface area contributed by atoms with Gasteiger partial charge >= 0.3 is 6.01 Å². The molecule has 0 atom stereocenters. The Morgan fingerprint density at radius 1 is 0.917 bits per heavy atom. The number of anilines is 1. The number of carbonyl (C=O) groups excluding carboxylic acids is 1. The van der Waals surface area contributed by atoms with E-state index < -0.39 is 15.9 Å². The van der Waals surface area contributed by atoms with Crippen LogP contribution in [0.4, 0.5) is 6.01 Å². The van der Waals surface area contributed by atoms with Crippen molar-refractivity contribution in [3.05, 3.63) is 42.0 Å². The van der Waals surface area contributed by atoms with Gasteiger partial charge in [0.1, 0.15) is 0 Å². The maximum Gasteiger partial charge on any atom is 0.322 e. The van der Waals surface area contributed by atoms with Crippen LogP contribution in [0.5, 0.6) is 17.2 Å². The van der Waals surface area contributed by atoms with E-state index >= 15 is 0 Å². The van der Waals surface area contributed by atoms with Crippen LogP contribution in [0.3, 0.4) is 0 Å². The van der Waals surface area contributed by atoms with Crippen LogP contribution >= 0.6 is 0 Å². The van der Waals surface area contributed by atoms with Gasteiger partial charge in [-0.2, -0.15) is 4.31 Å². The molecule has 0 unspecified atom stereocenters. The number of hydrogen-bond acceptors (Lipinski definition) is 9. The predicted octanol–water partition coefficient (Wildman–Crippen LogP) is 3.58. The van der Waals surface area contributed by atoms with Crippen molar-refractivity contribution in [2.75, 3.05) is 39.7 Å². The van der Waals surface area contributed by atoms with Gasteiger partial charge in [0.25, 0.3) is 5.91 Å². The summed E-state index contributed by atoms with van der Waals surface area (Å²) in [6.45, 7) is 1.02. The third-order valence-corrected chi connectivity index (χ3v) is 7.79. The number of carbonyl (C=O) groups is 1. The number of nitrogens with zero attached hydrogens (tertiary/aromatic N) is 3. The summed E-state index contributed by atoms with van der Waals surface area (Å²) in [5, 5.41) is 10.4. The average Bonchev–Trinajstić information content (AvgIpc) is 3.18. The summed E-state index contributed by atoms with van der Waals surface area (Å²) < 4.78 is 49.0. The molecular formula is C24H28N4O7S. The molecule has 192 valence electrons. The molecule has 0 saturated carbocycles. The first-order valence-electron chi connectivity index (χ1n) is 11.4.